The van der Waals surface area contributed by atoms with Crippen LogP contribution in [0.15, 0.2) is 24.3 Å². The van der Waals surface area contributed by atoms with Crippen molar-refractivity contribution in [2.24, 2.45) is 11.8 Å². The number of hydrogen-bond donors (Lipinski definition) is 1. The first-order chi connectivity index (χ1) is 10.8. The zero-order chi connectivity index (χ0) is 15.4. The lowest BCUT2D eigenvalue weighted by atomic mass is 9.78. The summed E-state index contributed by atoms with van der Waals surface area (Å²) in [7, 11) is 0. The summed E-state index contributed by atoms with van der Waals surface area (Å²) in [6.07, 6.45) is 9.82. The molecule has 0 bridgehead atoms. The molecular weight excluding hydrogens is 272 g/mol. The van der Waals surface area contributed by atoms with E-state index in [1.807, 2.05) is 24.3 Å². The van der Waals surface area contributed by atoms with Crippen molar-refractivity contribution in [3.8, 4) is 0 Å². The van der Waals surface area contributed by atoms with Crippen LogP contribution >= 0.6 is 0 Å². The predicted octanol–water partition coefficient (Wildman–Crippen LogP) is 5.13. The molecule has 22 heavy (non-hydrogen) atoms. The number of H-pyrrole nitrogens is 1. The van der Waals surface area contributed by atoms with E-state index < -0.39 is 0 Å². The topological polar surface area (TPSA) is 45.8 Å². The summed E-state index contributed by atoms with van der Waals surface area (Å²) < 4.78 is 0. The molecule has 1 saturated carbocycles. The third-order valence-electron chi connectivity index (χ3n) is 5.06. The van der Waals surface area contributed by atoms with Crippen LogP contribution in [0, 0.1) is 11.8 Å². The Balaban J connectivity index is 1.57. The molecule has 118 valence electrons. The van der Waals surface area contributed by atoms with Gasteiger partial charge in [0.05, 0.1) is 11.0 Å². The average Bonchev–Trinajstić information content (AvgIpc) is 2.99. The summed E-state index contributed by atoms with van der Waals surface area (Å²) in [4.78, 5) is 20.3. The van der Waals surface area contributed by atoms with Gasteiger partial charge in [-0.15, -0.1) is 0 Å². The number of imidazole rings is 1. The van der Waals surface area contributed by atoms with E-state index in [0.717, 1.165) is 29.8 Å². The maximum Gasteiger partial charge on any atom is 0.201 e. The van der Waals surface area contributed by atoms with Crippen LogP contribution < -0.4 is 0 Å². The number of aromatic amines is 1. The van der Waals surface area contributed by atoms with Crippen LogP contribution in [-0.2, 0) is 0 Å². The number of unbranched alkanes of at least 4 members (excludes halogenated alkanes) is 2. The van der Waals surface area contributed by atoms with Crippen LogP contribution in [-0.4, -0.2) is 15.8 Å². The molecule has 1 aliphatic rings. The van der Waals surface area contributed by atoms with Crippen molar-refractivity contribution in [1.29, 1.82) is 0 Å². The number of fused-ring (bicyclic) bond motifs is 1. The second kappa shape index (κ2) is 7.08. The largest absolute Gasteiger partial charge is 0.335 e. The molecule has 3 nitrogen and oxygen atoms in total. The molecule has 1 aliphatic carbocycles. The molecule has 1 aromatic heterocycles. The number of rotatable bonds is 6. The fraction of sp³-hybridized carbons (Fsp3) is 0.579. The van der Waals surface area contributed by atoms with Crippen molar-refractivity contribution in [3.05, 3.63) is 30.1 Å². The van der Waals surface area contributed by atoms with Gasteiger partial charge in [-0.2, -0.15) is 0 Å². The van der Waals surface area contributed by atoms with Gasteiger partial charge in [0, 0.05) is 5.92 Å². The van der Waals surface area contributed by atoms with E-state index >= 15 is 0 Å². The molecule has 0 spiro atoms. The zero-order valence-corrected chi connectivity index (χ0v) is 13.5. The standard InChI is InChI=1S/C19H26N2O/c1-2-3-4-7-14-10-12-15(13-11-14)18(22)19-20-16-8-5-6-9-17(16)21-19/h5-6,8-9,14-15H,2-4,7,10-13H2,1H3,(H,20,21). The van der Waals surface area contributed by atoms with Crippen molar-refractivity contribution in [1.82, 2.24) is 9.97 Å². The van der Waals surface area contributed by atoms with Gasteiger partial charge in [0.25, 0.3) is 0 Å². The molecule has 2 aromatic rings. The molecule has 0 unspecified atom stereocenters. The van der Waals surface area contributed by atoms with Crippen LogP contribution in [0.25, 0.3) is 11.0 Å². The highest BCUT2D eigenvalue weighted by Crippen LogP contribution is 2.33. The van der Waals surface area contributed by atoms with Crippen LogP contribution in [0.5, 0.6) is 0 Å². The second-order valence-electron chi connectivity index (χ2n) is 6.68. The Hall–Kier alpha value is -1.64. The molecule has 0 aliphatic heterocycles. The van der Waals surface area contributed by atoms with Gasteiger partial charge in [-0.1, -0.05) is 44.7 Å². The first-order valence-electron chi connectivity index (χ1n) is 8.77. The van der Waals surface area contributed by atoms with E-state index in [2.05, 4.69) is 16.9 Å². The Morgan fingerprint density at radius 2 is 1.95 bits per heavy atom. The summed E-state index contributed by atoms with van der Waals surface area (Å²) in [6.45, 7) is 2.25. The number of Topliss-reactive ketones (excluding diaryl/α,β-unsaturated/α-hetero) is 1. The van der Waals surface area contributed by atoms with Gasteiger partial charge in [0.2, 0.25) is 5.78 Å². The quantitative estimate of drug-likeness (QED) is 0.593. The Kier molecular flexibility index (Phi) is 4.91. The van der Waals surface area contributed by atoms with Gasteiger partial charge in [-0.25, -0.2) is 4.98 Å². The van der Waals surface area contributed by atoms with Crippen molar-refractivity contribution in [3.63, 3.8) is 0 Å². The van der Waals surface area contributed by atoms with Gasteiger partial charge in [0.15, 0.2) is 5.82 Å². The van der Waals surface area contributed by atoms with Crippen LogP contribution in [0.2, 0.25) is 0 Å². The molecule has 0 radical (unpaired) electrons. The van der Waals surface area contributed by atoms with Crippen LogP contribution in [0.4, 0.5) is 0 Å². The summed E-state index contributed by atoms with van der Waals surface area (Å²) in [5.41, 5.74) is 1.85. The number of nitrogens with one attached hydrogen (secondary N) is 1. The lowest BCUT2D eigenvalue weighted by Gasteiger charge is -2.27. The van der Waals surface area contributed by atoms with Gasteiger partial charge >= 0.3 is 0 Å². The minimum absolute atomic E-state index is 0.169. The summed E-state index contributed by atoms with van der Waals surface area (Å²) in [6, 6.07) is 7.85. The highest BCUT2D eigenvalue weighted by molar-refractivity contribution is 5.97. The number of carbonyl (C=O) groups excluding carboxylic acids is 1. The van der Waals surface area contributed by atoms with Crippen molar-refractivity contribution < 1.29 is 4.79 Å². The monoisotopic (exact) mass is 298 g/mol. The first kappa shape index (κ1) is 15.3. The summed E-state index contributed by atoms with van der Waals surface area (Å²) in [5.74, 6) is 1.77. The number of benzene rings is 1. The molecule has 0 saturated heterocycles. The minimum Gasteiger partial charge on any atom is -0.335 e. The van der Waals surface area contributed by atoms with Crippen molar-refractivity contribution >= 4 is 16.8 Å². The van der Waals surface area contributed by atoms with E-state index in [9.17, 15) is 4.79 Å². The number of ketones is 1. The van der Waals surface area contributed by atoms with E-state index in [4.69, 9.17) is 0 Å². The zero-order valence-electron chi connectivity index (χ0n) is 13.5. The van der Waals surface area contributed by atoms with Gasteiger partial charge in [0.1, 0.15) is 0 Å². The van der Waals surface area contributed by atoms with E-state index in [1.165, 1.54) is 38.5 Å². The summed E-state index contributed by atoms with van der Waals surface area (Å²) >= 11 is 0. The van der Waals surface area contributed by atoms with E-state index in [1.54, 1.807) is 0 Å². The fourth-order valence-electron chi connectivity index (χ4n) is 3.66. The second-order valence-corrected chi connectivity index (χ2v) is 6.68. The third-order valence-corrected chi connectivity index (χ3v) is 5.06. The maximum absolute atomic E-state index is 12.6. The normalized spacial score (nSPS) is 22.0. The lowest BCUT2D eigenvalue weighted by Crippen LogP contribution is -2.22. The Bertz CT molecular complexity index is 590. The third kappa shape index (κ3) is 3.40. The molecule has 3 heteroatoms. The first-order valence-corrected chi connectivity index (χ1v) is 8.77. The van der Waals surface area contributed by atoms with E-state index in [-0.39, 0.29) is 11.7 Å². The number of hydrogen-bond acceptors (Lipinski definition) is 2. The molecule has 1 N–H and O–H groups in total. The number of aromatic nitrogens is 2. The fourth-order valence-corrected chi connectivity index (χ4v) is 3.66. The number of carbonyl (C=O) groups is 1. The van der Waals surface area contributed by atoms with Gasteiger partial charge in [-0.3, -0.25) is 4.79 Å². The minimum atomic E-state index is 0.169. The highest BCUT2D eigenvalue weighted by Gasteiger charge is 2.28. The van der Waals surface area contributed by atoms with Gasteiger partial charge in [-0.05, 0) is 43.7 Å². The molecule has 0 amide bonds. The predicted molar refractivity (Wildman–Crippen MR) is 90.0 cm³/mol. The maximum atomic E-state index is 12.6. The highest BCUT2D eigenvalue weighted by atomic mass is 16.1. The van der Waals surface area contributed by atoms with Crippen molar-refractivity contribution in [2.45, 2.75) is 58.3 Å². The molecular formula is C19H26N2O. The van der Waals surface area contributed by atoms with Crippen LogP contribution in [0.3, 0.4) is 0 Å². The Morgan fingerprint density at radius 1 is 1.18 bits per heavy atom. The number of para-hydroxylation sites is 2. The molecule has 0 atom stereocenters. The van der Waals surface area contributed by atoms with E-state index in [0.29, 0.717) is 5.82 Å². The summed E-state index contributed by atoms with van der Waals surface area (Å²) in [5, 5.41) is 0. The SMILES string of the molecule is CCCCCC1CCC(C(=O)c2nc3ccccc3[nH]2)CC1. The smallest absolute Gasteiger partial charge is 0.201 e. The van der Waals surface area contributed by atoms with Crippen LogP contribution in [0.1, 0.15) is 68.9 Å². The Morgan fingerprint density at radius 3 is 2.68 bits per heavy atom. The molecule has 3 rings (SSSR count). The molecule has 1 heterocycles. The molecule has 1 aromatic carbocycles. The van der Waals surface area contributed by atoms with Crippen molar-refractivity contribution in [2.75, 3.05) is 0 Å². The van der Waals surface area contributed by atoms with Gasteiger partial charge < -0.3 is 4.98 Å². The molecule has 1 fully saturated rings. The average molecular weight is 298 g/mol. The Labute approximate surface area is 132 Å². The lowest BCUT2D eigenvalue weighted by molar-refractivity contribution is 0.0859. The number of nitrogens with zero attached hydrogens (tertiary/aromatic N) is 1.